The van der Waals surface area contributed by atoms with Crippen LogP contribution in [-0.4, -0.2) is 52.3 Å². The van der Waals surface area contributed by atoms with Crippen molar-refractivity contribution in [2.45, 2.75) is 30.3 Å². The number of para-hydroxylation sites is 1. The summed E-state index contributed by atoms with van der Waals surface area (Å²) in [4.78, 5) is 32.5. The van der Waals surface area contributed by atoms with Gasteiger partial charge in [0.15, 0.2) is 5.16 Å². The van der Waals surface area contributed by atoms with Gasteiger partial charge < -0.3 is 15.4 Å². The van der Waals surface area contributed by atoms with Crippen molar-refractivity contribution < 1.29 is 4.74 Å². The Morgan fingerprint density at radius 2 is 1.97 bits per heavy atom. The van der Waals surface area contributed by atoms with Crippen molar-refractivity contribution >= 4 is 34.6 Å². The van der Waals surface area contributed by atoms with Crippen molar-refractivity contribution in [1.29, 1.82) is 0 Å². The average molecular weight is 416 g/mol. The molecule has 29 heavy (non-hydrogen) atoms. The second-order valence-electron chi connectivity index (χ2n) is 6.72. The SMILES string of the molecule is COCCCn1c(SC(C)c2nc(N)nc(N(C)C)n2)nc2ccccc2c1=O. The lowest BCUT2D eigenvalue weighted by atomic mass is 10.2. The summed E-state index contributed by atoms with van der Waals surface area (Å²) in [5, 5.41) is 1.03. The summed E-state index contributed by atoms with van der Waals surface area (Å²) in [7, 11) is 5.33. The molecule has 1 unspecified atom stereocenters. The van der Waals surface area contributed by atoms with Gasteiger partial charge in [-0.15, -0.1) is 0 Å². The third-order valence-electron chi connectivity index (χ3n) is 4.26. The number of fused-ring (bicyclic) bond motifs is 1. The third-order valence-corrected chi connectivity index (χ3v) is 5.35. The van der Waals surface area contributed by atoms with E-state index in [0.717, 1.165) is 0 Å². The first-order chi connectivity index (χ1) is 13.9. The molecule has 1 atom stereocenters. The second kappa shape index (κ2) is 9.19. The monoisotopic (exact) mass is 415 g/mol. The molecule has 0 aliphatic carbocycles. The van der Waals surface area contributed by atoms with E-state index in [4.69, 9.17) is 15.5 Å². The zero-order valence-corrected chi connectivity index (χ0v) is 17.8. The van der Waals surface area contributed by atoms with Gasteiger partial charge in [-0.1, -0.05) is 23.9 Å². The van der Waals surface area contributed by atoms with Crippen LogP contribution >= 0.6 is 11.8 Å². The van der Waals surface area contributed by atoms with E-state index < -0.39 is 0 Å². The molecule has 3 rings (SSSR count). The summed E-state index contributed by atoms with van der Waals surface area (Å²) in [6.45, 7) is 3.04. The van der Waals surface area contributed by atoms with Crippen LogP contribution < -0.4 is 16.2 Å². The van der Waals surface area contributed by atoms with Gasteiger partial charge in [-0.3, -0.25) is 9.36 Å². The minimum Gasteiger partial charge on any atom is -0.385 e. The van der Waals surface area contributed by atoms with E-state index in [2.05, 4.69) is 15.0 Å². The van der Waals surface area contributed by atoms with Crippen molar-refractivity contribution in [3.8, 4) is 0 Å². The van der Waals surface area contributed by atoms with Crippen LogP contribution in [0.3, 0.4) is 0 Å². The lowest BCUT2D eigenvalue weighted by Crippen LogP contribution is -2.24. The van der Waals surface area contributed by atoms with Gasteiger partial charge >= 0.3 is 0 Å². The Balaban J connectivity index is 2.00. The average Bonchev–Trinajstić information content (AvgIpc) is 2.69. The zero-order valence-electron chi connectivity index (χ0n) is 17.0. The van der Waals surface area contributed by atoms with E-state index in [0.29, 0.717) is 47.4 Å². The maximum Gasteiger partial charge on any atom is 0.262 e. The van der Waals surface area contributed by atoms with Gasteiger partial charge in [-0.05, 0) is 25.5 Å². The number of rotatable bonds is 8. The molecule has 0 saturated carbocycles. The van der Waals surface area contributed by atoms with Crippen molar-refractivity contribution in [3.63, 3.8) is 0 Å². The number of anilines is 2. The number of hydrogen-bond acceptors (Lipinski definition) is 9. The molecule has 9 nitrogen and oxygen atoms in total. The fourth-order valence-electron chi connectivity index (χ4n) is 2.79. The van der Waals surface area contributed by atoms with E-state index >= 15 is 0 Å². The summed E-state index contributed by atoms with van der Waals surface area (Å²) in [5.74, 6) is 1.19. The highest BCUT2D eigenvalue weighted by atomic mass is 32.2. The predicted molar refractivity (Wildman–Crippen MR) is 115 cm³/mol. The fraction of sp³-hybridized carbons (Fsp3) is 0.421. The summed E-state index contributed by atoms with van der Waals surface area (Å²) in [5.41, 5.74) is 6.46. The summed E-state index contributed by atoms with van der Waals surface area (Å²) in [6, 6.07) is 7.36. The molecule has 0 bridgehead atoms. The van der Waals surface area contributed by atoms with Gasteiger partial charge in [-0.25, -0.2) is 4.98 Å². The van der Waals surface area contributed by atoms with Crippen molar-refractivity contribution in [2.75, 3.05) is 38.4 Å². The Hall–Kier alpha value is -2.72. The largest absolute Gasteiger partial charge is 0.385 e. The van der Waals surface area contributed by atoms with Crippen LogP contribution in [0.4, 0.5) is 11.9 Å². The molecule has 0 saturated heterocycles. The van der Waals surface area contributed by atoms with Crippen molar-refractivity contribution in [2.24, 2.45) is 0 Å². The van der Waals surface area contributed by atoms with Gasteiger partial charge in [0.05, 0.1) is 16.2 Å². The number of nitrogens with two attached hydrogens (primary N) is 1. The Morgan fingerprint density at radius 3 is 2.69 bits per heavy atom. The van der Waals surface area contributed by atoms with E-state index in [9.17, 15) is 4.79 Å². The standard InChI is InChI=1S/C19H25N7O2S/c1-12(15-22-17(20)24-18(23-15)25(2)3)29-19-21-14-9-6-5-8-13(14)16(27)26(19)10-7-11-28-4/h5-6,8-9,12H,7,10-11H2,1-4H3,(H2,20,22,23,24). The summed E-state index contributed by atoms with van der Waals surface area (Å²) in [6.07, 6.45) is 0.710. The molecule has 1 aromatic carbocycles. The number of hydrogen-bond donors (Lipinski definition) is 1. The molecule has 0 spiro atoms. The molecule has 2 aromatic heterocycles. The predicted octanol–water partition coefficient (Wildman–Crippen LogP) is 2.12. The molecule has 0 aliphatic heterocycles. The Bertz CT molecular complexity index is 1050. The lowest BCUT2D eigenvalue weighted by molar-refractivity contribution is 0.189. The van der Waals surface area contributed by atoms with E-state index in [1.165, 1.54) is 11.8 Å². The van der Waals surface area contributed by atoms with Crippen LogP contribution in [0.25, 0.3) is 10.9 Å². The first-order valence-electron chi connectivity index (χ1n) is 9.24. The summed E-state index contributed by atoms with van der Waals surface area (Å²) >= 11 is 1.42. The molecule has 10 heteroatoms. The zero-order chi connectivity index (χ0) is 21.0. The number of aromatic nitrogens is 5. The van der Waals surface area contributed by atoms with E-state index in [-0.39, 0.29) is 16.8 Å². The Morgan fingerprint density at radius 1 is 1.21 bits per heavy atom. The van der Waals surface area contributed by atoms with Crippen LogP contribution in [0.15, 0.2) is 34.2 Å². The van der Waals surface area contributed by atoms with Crippen LogP contribution in [0.2, 0.25) is 0 Å². The van der Waals surface area contributed by atoms with Crippen molar-refractivity contribution in [3.05, 3.63) is 40.4 Å². The number of methoxy groups -OCH3 is 1. The molecule has 0 radical (unpaired) electrons. The van der Waals surface area contributed by atoms with Gasteiger partial charge in [0.1, 0.15) is 5.82 Å². The van der Waals surface area contributed by atoms with Gasteiger partial charge in [0.2, 0.25) is 11.9 Å². The minimum atomic E-state index is -0.180. The maximum atomic E-state index is 13.1. The molecule has 2 heterocycles. The molecule has 3 aromatic rings. The molecule has 2 N–H and O–H groups in total. The number of ether oxygens (including phenoxy) is 1. The number of benzene rings is 1. The highest BCUT2D eigenvalue weighted by Crippen LogP contribution is 2.32. The molecule has 0 amide bonds. The topological polar surface area (TPSA) is 112 Å². The second-order valence-corrected chi connectivity index (χ2v) is 8.03. The molecule has 0 aliphatic rings. The fourth-order valence-corrected chi connectivity index (χ4v) is 3.77. The third kappa shape index (κ3) is 4.83. The number of thioether (sulfide) groups is 1. The van der Waals surface area contributed by atoms with Crippen LogP contribution in [0, 0.1) is 0 Å². The van der Waals surface area contributed by atoms with E-state index in [1.807, 2.05) is 39.2 Å². The van der Waals surface area contributed by atoms with Crippen molar-refractivity contribution in [1.82, 2.24) is 24.5 Å². The maximum absolute atomic E-state index is 13.1. The van der Waals surface area contributed by atoms with Crippen LogP contribution in [0.5, 0.6) is 0 Å². The summed E-state index contributed by atoms with van der Waals surface area (Å²) < 4.78 is 6.84. The number of nitrogens with zero attached hydrogens (tertiary/aromatic N) is 6. The van der Waals surface area contributed by atoms with Crippen LogP contribution in [0.1, 0.15) is 24.4 Å². The molecule has 154 valence electrons. The molecular weight excluding hydrogens is 390 g/mol. The minimum absolute atomic E-state index is 0.0643. The van der Waals surface area contributed by atoms with Gasteiger partial charge in [0, 0.05) is 34.4 Å². The van der Waals surface area contributed by atoms with Gasteiger partial charge in [-0.2, -0.15) is 15.0 Å². The first kappa shape index (κ1) is 21.0. The Labute approximate surface area is 173 Å². The Kier molecular flexibility index (Phi) is 6.65. The first-order valence-corrected chi connectivity index (χ1v) is 10.1. The quantitative estimate of drug-likeness (QED) is 0.336. The molecular formula is C19H25N7O2S. The smallest absolute Gasteiger partial charge is 0.262 e. The van der Waals surface area contributed by atoms with E-state index in [1.54, 1.807) is 22.6 Å². The van der Waals surface area contributed by atoms with Crippen LogP contribution in [-0.2, 0) is 11.3 Å². The highest BCUT2D eigenvalue weighted by molar-refractivity contribution is 7.99. The molecule has 0 fully saturated rings. The van der Waals surface area contributed by atoms with Gasteiger partial charge in [0.25, 0.3) is 5.56 Å². The highest BCUT2D eigenvalue weighted by Gasteiger charge is 2.19. The lowest BCUT2D eigenvalue weighted by Gasteiger charge is -2.17. The normalized spacial score (nSPS) is 12.3. The number of nitrogen functional groups attached to an aromatic ring is 1.